The second-order valence-corrected chi connectivity index (χ2v) is 4.51. The monoisotopic (exact) mass is 286 g/mol. The zero-order chi connectivity index (χ0) is 15.2. The van der Waals surface area contributed by atoms with Crippen LogP contribution in [0.5, 0.6) is 5.75 Å². The number of ether oxygens (including phenoxy) is 1. The van der Waals surface area contributed by atoms with Gasteiger partial charge in [0, 0.05) is 24.7 Å². The van der Waals surface area contributed by atoms with E-state index in [4.69, 9.17) is 4.74 Å². The molecule has 1 heterocycles. The van der Waals surface area contributed by atoms with Crippen LogP contribution in [0.15, 0.2) is 47.9 Å². The predicted octanol–water partition coefficient (Wildman–Crippen LogP) is 1.70. The van der Waals surface area contributed by atoms with E-state index in [2.05, 4.69) is 11.9 Å². The number of rotatable bonds is 6. The van der Waals surface area contributed by atoms with E-state index in [1.807, 2.05) is 13.0 Å². The summed E-state index contributed by atoms with van der Waals surface area (Å²) in [5.74, 6) is 0.301. The topological polar surface area (TPSA) is 60.3 Å². The molecule has 1 aromatic heterocycles. The minimum absolute atomic E-state index is 0.0587. The van der Waals surface area contributed by atoms with Gasteiger partial charge in [-0.2, -0.15) is 0 Å². The zero-order valence-electron chi connectivity index (χ0n) is 12.0. The van der Waals surface area contributed by atoms with E-state index in [0.29, 0.717) is 29.6 Å². The maximum atomic E-state index is 12.2. The summed E-state index contributed by atoms with van der Waals surface area (Å²) < 4.78 is 7.14. The van der Waals surface area contributed by atoms with Gasteiger partial charge in [-0.1, -0.05) is 12.1 Å². The van der Waals surface area contributed by atoms with Gasteiger partial charge in [0.05, 0.1) is 5.39 Å². The maximum absolute atomic E-state index is 12.2. The lowest BCUT2D eigenvalue weighted by molar-refractivity contribution is -0.122. The van der Waals surface area contributed by atoms with Crippen LogP contribution in [0.2, 0.25) is 0 Å². The summed E-state index contributed by atoms with van der Waals surface area (Å²) in [4.78, 5) is 23.7. The number of nitrogens with zero attached hydrogens (tertiary/aromatic N) is 1. The SMILES string of the molecule is C=CCNC(=O)COc1cccc2c(=O)n(CC)ccc12. The maximum Gasteiger partial charge on any atom is 0.258 e. The molecule has 110 valence electrons. The number of aromatic nitrogens is 1. The van der Waals surface area contributed by atoms with Crippen molar-refractivity contribution in [2.45, 2.75) is 13.5 Å². The van der Waals surface area contributed by atoms with Crippen molar-refractivity contribution < 1.29 is 9.53 Å². The molecule has 0 fully saturated rings. The highest BCUT2D eigenvalue weighted by Gasteiger charge is 2.08. The Morgan fingerprint density at radius 3 is 2.90 bits per heavy atom. The molecule has 0 bridgehead atoms. The van der Waals surface area contributed by atoms with Crippen LogP contribution in [-0.4, -0.2) is 23.6 Å². The Balaban J connectivity index is 2.25. The van der Waals surface area contributed by atoms with Crippen molar-refractivity contribution in [3.8, 4) is 5.75 Å². The highest BCUT2D eigenvalue weighted by molar-refractivity contribution is 5.88. The Morgan fingerprint density at radius 2 is 2.19 bits per heavy atom. The van der Waals surface area contributed by atoms with E-state index in [-0.39, 0.29) is 18.1 Å². The number of nitrogens with one attached hydrogen (secondary N) is 1. The molecule has 0 atom stereocenters. The minimum Gasteiger partial charge on any atom is -0.483 e. The van der Waals surface area contributed by atoms with Gasteiger partial charge in [-0.15, -0.1) is 6.58 Å². The Hall–Kier alpha value is -2.56. The van der Waals surface area contributed by atoms with Gasteiger partial charge in [0.15, 0.2) is 6.61 Å². The Labute approximate surface area is 122 Å². The molecule has 0 spiro atoms. The molecule has 5 heteroatoms. The molecule has 5 nitrogen and oxygen atoms in total. The summed E-state index contributed by atoms with van der Waals surface area (Å²) in [7, 11) is 0. The van der Waals surface area contributed by atoms with Crippen LogP contribution in [0.4, 0.5) is 0 Å². The van der Waals surface area contributed by atoms with Crippen molar-refractivity contribution in [3.63, 3.8) is 0 Å². The van der Waals surface area contributed by atoms with Crippen molar-refractivity contribution in [1.29, 1.82) is 0 Å². The predicted molar refractivity (Wildman–Crippen MR) is 82.6 cm³/mol. The molecule has 0 aliphatic carbocycles. The number of carbonyl (C=O) groups is 1. The fourth-order valence-corrected chi connectivity index (χ4v) is 2.04. The lowest BCUT2D eigenvalue weighted by Gasteiger charge is -2.10. The van der Waals surface area contributed by atoms with Crippen molar-refractivity contribution in [2.24, 2.45) is 0 Å². The van der Waals surface area contributed by atoms with Gasteiger partial charge in [-0.3, -0.25) is 9.59 Å². The summed E-state index contributed by atoms with van der Waals surface area (Å²) in [6.07, 6.45) is 3.33. The molecule has 2 aromatic rings. The first-order valence-electron chi connectivity index (χ1n) is 6.80. The number of hydrogen-bond donors (Lipinski definition) is 1. The lowest BCUT2D eigenvalue weighted by atomic mass is 10.1. The highest BCUT2D eigenvalue weighted by Crippen LogP contribution is 2.22. The first kappa shape index (κ1) is 14.8. The quantitative estimate of drug-likeness (QED) is 0.822. The smallest absolute Gasteiger partial charge is 0.258 e. The van der Waals surface area contributed by atoms with Crippen LogP contribution in [0, 0.1) is 0 Å². The van der Waals surface area contributed by atoms with Crippen LogP contribution < -0.4 is 15.6 Å². The van der Waals surface area contributed by atoms with Gasteiger partial charge in [-0.05, 0) is 25.1 Å². The zero-order valence-corrected chi connectivity index (χ0v) is 12.0. The van der Waals surface area contributed by atoms with E-state index < -0.39 is 0 Å². The van der Waals surface area contributed by atoms with E-state index in [0.717, 1.165) is 0 Å². The first-order valence-corrected chi connectivity index (χ1v) is 6.80. The molecule has 21 heavy (non-hydrogen) atoms. The summed E-state index contributed by atoms with van der Waals surface area (Å²) in [5, 5.41) is 3.93. The third-order valence-corrected chi connectivity index (χ3v) is 3.12. The first-order chi connectivity index (χ1) is 10.2. The number of amides is 1. The lowest BCUT2D eigenvalue weighted by Crippen LogP contribution is -2.28. The highest BCUT2D eigenvalue weighted by atomic mass is 16.5. The Bertz CT molecular complexity index is 719. The third kappa shape index (κ3) is 3.31. The molecule has 2 rings (SSSR count). The summed E-state index contributed by atoms with van der Waals surface area (Å²) in [6, 6.07) is 7.09. The molecule has 1 aromatic carbocycles. The number of aryl methyl sites for hydroxylation is 1. The molecular weight excluding hydrogens is 268 g/mol. The molecule has 0 radical (unpaired) electrons. The van der Waals surface area contributed by atoms with Crippen LogP contribution in [0.1, 0.15) is 6.92 Å². The third-order valence-electron chi connectivity index (χ3n) is 3.12. The standard InChI is InChI=1S/C16H18N2O3/c1-3-9-17-15(19)11-21-14-7-5-6-13-12(14)8-10-18(4-2)16(13)20/h3,5-8,10H,1,4,9,11H2,2H3,(H,17,19). The summed E-state index contributed by atoms with van der Waals surface area (Å²) >= 11 is 0. The molecule has 0 aliphatic heterocycles. The second kappa shape index (κ2) is 6.74. The van der Waals surface area contributed by atoms with Crippen molar-refractivity contribution in [3.05, 3.63) is 53.5 Å². The van der Waals surface area contributed by atoms with Crippen molar-refractivity contribution in [1.82, 2.24) is 9.88 Å². The van der Waals surface area contributed by atoms with Gasteiger partial charge >= 0.3 is 0 Å². The van der Waals surface area contributed by atoms with Gasteiger partial charge < -0.3 is 14.6 Å². The average molecular weight is 286 g/mol. The number of hydrogen-bond acceptors (Lipinski definition) is 3. The molecule has 0 unspecified atom stereocenters. The summed E-state index contributed by atoms with van der Waals surface area (Å²) in [5.41, 5.74) is -0.0587. The van der Waals surface area contributed by atoms with Gasteiger partial charge in [0.2, 0.25) is 0 Å². The number of pyridine rings is 1. The fraction of sp³-hybridized carbons (Fsp3) is 0.250. The van der Waals surface area contributed by atoms with Gasteiger partial charge in [-0.25, -0.2) is 0 Å². The van der Waals surface area contributed by atoms with E-state index in [1.54, 1.807) is 35.0 Å². The largest absolute Gasteiger partial charge is 0.483 e. The van der Waals surface area contributed by atoms with Crippen LogP contribution in [0.25, 0.3) is 10.8 Å². The van der Waals surface area contributed by atoms with Crippen LogP contribution in [-0.2, 0) is 11.3 Å². The summed E-state index contributed by atoms with van der Waals surface area (Å²) in [6.45, 7) is 6.36. The Kier molecular flexibility index (Phi) is 4.77. The van der Waals surface area contributed by atoms with Crippen LogP contribution in [0.3, 0.4) is 0 Å². The van der Waals surface area contributed by atoms with Crippen molar-refractivity contribution in [2.75, 3.05) is 13.2 Å². The second-order valence-electron chi connectivity index (χ2n) is 4.51. The fourth-order valence-electron chi connectivity index (χ4n) is 2.04. The van der Waals surface area contributed by atoms with Crippen molar-refractivity contribution >= 4 is 16.7 Å². The normalized spacial score (nSPS) is 10.3. The molecule has 0 saturated carbocycles. The number of carbonyl (C=O) groups excluding carboxylic acids is 1. The van der Waals surface area contributed by atoms with Gasteiger partial charge in [0.1, 0.15) is 5.75 Å². The molecule has 0 saturated heterocycles. The molecular formula is C16H18N2O3. The number of fused-ring (bicyclic) bond motifs is 1. The van der Waals surface area contributed by atoms with E-state index in [1.165, 1.54) is 0 Å². The number of benzene rings is 1. The van der Waals surface area contributed by atoms with E-state index >= 15 is 0 Å². The molecule has 0 aliphatic rings. The van der Waals surface area contributed by atoms with Crippen LogP contribution >= 0.6 is 0 Å². The molecule has 1 amide bonds. The minimum atomic E-state index is -0.228. The van der Waals surface area contributed by atoms with Gasteiger partial charge in [0.25, 0.3) is 11.5 Å². The molecule has 1 N–H and O–H groups in total. The van der Waals surface area contributed by atoms with E-state index in [9.17, 15) is 9.59 Å². The average Bonchev–Trinajstić information content (AvgIpc) is 2.51. The Morgan fingerprint density at radius 1 is 1.38 bits per heavy atom.